The van der Waals surface area contributed by atoms with Gasteiger partial charge in [0.05, 0.1) is 6.20 Å². The van der Waals surface area contributed by atoms with E-state index in [2.05, 4.69) is 4.98 Å². The first-order valence-electron chi connectivity index (χ1n) is 5.52. The van der Waals surface area contributed by atoms with E-state index in [0.717, 1.165) is 6.20 Å². The summed E-state index contributed by atoms with van der Waals surface area (Å²) < 4.78 is 27.1. The molecule has 0 amide bonds. The Labute approximate surface area is 104 Å². The van der Waals surface area contributed by atoms with Gasteiger partial charge in [0.15, 0.2) is 0 Å². The zero-order valence-electron chi connectivity index (χ0n) is 10.1. The first-order valence-corrected chi connectivity index (χ1v) is 5.52. The molecule has 1 aromatic heterocycles. The van der Waals surface area contributed by atoms with Crippen molar-refractivity contribution in [2.24, 2.45) is 0 Å². The van der Waals surface area contributed by atoms with Crippen LogP contribution < -0.4 is 0 Å². The van der Waals surface area contributed by atoms with Crippen molar-refractivity contribution in [3.05, 3.63) is 65.0 Å². The van der Waals surface area contributed by atoms with E-state index in [9.17, 15) is 13.9 Å². The van der Waals surface area contributed by atoms with Crippen molar-refractivity contribution in [2.75, 3.05) is 0 Å². The normalized spacial score (nSPS) is 14.3. The molecule has 1 atom stereocenters. The van der Waals surface area contributed by atoms with Crippen LogP contribution in [0.3, 0.4) is 0 Å². The van der Waals surface area contributed by atoms with Crippen LogP contribution in [0.4, 0.5) is 8.78 Å². The van der Waals surface area contributed by atoms with Crippen LogP contribution in [-0.4, -0.2) is 10.1 Å². The molecular weight excluding hydrogens is 236 g/mol. The van der Waals surface area contributed by atoms with E-state index in [1.807, 2.05) is 0 Å². The number of aryl methyl sites for hydroxylation is 1. The fraction of sp³-hybridized carbons (Fsp3) is 0.214. The van der Waals surface area contributed by atoms with Gasteiger partial charge in [-0.15, -0.1) is 0 Å². The number of aliphatic hydroxyl groups is 1. The van der Waals surface area contributed by atoms with E-state index in [1.54, 1.807) is 19.1 Å². The molecule has 0 bridgehead atoms. The summed E-state index contributed by atoms with van der Waals surface area (Å²) in [4.78, 5) is 3.62. The molecule has 0 aliphatic rings. The van der Waals surface area contributed by atoms with Gasteiger partial charge in [-0.1, -0.05) is 12.1 Å². The minimum Gasteiger partial charge on any atom is -0.381 e. The van der Waals surface area contributed by atoms with E-state index in [0.29, 0.717) is 11.1 Å². The molecule has 4 heteroatoms. The van der Waals surface area contributed by atoms with E-state index in [1.165, 1.54) is 25.3 Å². The van der Waals surface area contributed by atoms with Crippen molar-refractivity contribution < 1.29 is 13.9 Å². The summed E-state index contributed by atoms with van der Waals surface area (Å²) in [6.45, 7) is 3.05. The van der Waals surface area contributed by atoms with Crippen LogP contribution in [0.1, 0.15) is 23.6 Å². The summed E-state index contributed by atoms with van der Waals surface area (Å²) >= 11 is 0. The van der Waals surface area contributed by atoms with Crippen LogP contribution in [0.15, 0.2) is 36.7 Å². The minimum absolute atomic E-state index is 0.0701. The summed E-state index contributed by atoms with van der Waals surface area (Å²) in [5, 5.41) is 10.4. The first-order chi connectivity index (χ1) is 8.43. The standard InChI is InChI=1S/C14H13F2NO/c1-9-3-4-10(7-12(9)15)14(2,18)11-5-6-17-8-13(11)16/h3-8,18H,1-2H3. The second kappa shape index (κ2) is 4.46. The fourth-order valence-electron chi connectivity index (χ4n) is 1.82. The molecule has 18 heavy (non-hydrogen) atoms. The molecule has 0 aliphatic carbocycles. The maximum Gasteiger partial charge on any atom is 0.147 e. The molecule has 0 radical (unpaired) electrons. The Bertz CT molecular complexity index is 582. The lowest BCUT2D eigenvalue weighted by molar-refractivity contribution is 0.0974. The molecule has 2 aromatic rings. The third kappa shape index (κ3) is 2.11. The summed E-state index contributed by atoms with van der Waals surface area (Å²) in [5.74, 6) is -1.05. The maximum absolute atomic E-state index is 13.6. The highest BCUT2D eigenvalue weighted by atomic mass is 19.1. The molecule has 1 heterocycles. The number of hydrogen-bond acceptors (Lipinski definition) is 2. The van der Waals surface area contributed by atoms with E-state index < -0.39 is 17.2 Å². The van der Waals surface area contributed by atoms with E-state index in [4.69, 9.17) is 0 Å². The van der Waals surface area contributed by atoms with Gasteiger partial charge in [0.25, 0.3) is 0 Å². The summed E-state index contributed by atoms with van der Waals surface area (Å²) in [6.07, 6.45) is 2.41. The molecule has 94 valence electrons. The molecule has 2 nitrogen and oxygen atoms in total. The van der Waals surface area contributed by atoms with Crippen LogP contribution in [0.5, 0.6) is 0 Å². The lowest BCUT2D eigenvalue weighted by Gasteiger charge is -2.25. The zero-order valence-corrected chi connectivity index (χ0v) is 10.1. The van der Waals surface area contributed by atoms with Crippen LogP contribution >= 0.6 is 0 Å². The lowest BCUT2D eigenvalue weighted by atomic mass is 9.88. The number of aromatic nitrogens is 1. The fourth-order valence-corrected chi connectivity index (χ4v) is 1.82. The van der Waals surface area contributed by atoms with Gasteiger partial charge in [-0.2, -0.15) is 0 Å². The molecule has 0 aliphatic heterocycles. The van der Waals surface area contributed by atoms with Gasteiger partial charge < -0.3 is 5.11 Å². The second-order valence-electron chi connectivity index (χ2n) is 4.39. The lowest BCUT2D eigenvalue weighted by Crippen LogP contribution is -2.24. The number of pyridine rings is 1. The molecule has 1 unspecified atom stereocenters. The molecule has 0 spiro atoms. The Morgan fingerprint density at radius 2 is 1.89 bits per heavy atom. The highest BCUT2D eigenvalue weighted by molar-refractivity contribution is 5.36. The largest absolute Gasteiger partial charge is 0.381 e. The van der Waals surface area contributed by atoms with E-state index >= 15 is 0 Å². The number of benzene rings is 1. The van der Waals surface area contributed by atoms with Crippen LogP contribution in [-0.2, 0) is 5.60 Å². The average molecular weight is 249 g/mol. The smallest absolute Gasteiger partial charge is 0.147 e. The van der Waals surface area contributed by atoms with Crippen LogP contribution in [0.2, 0.25) is 0 Å². The van der Waals surface area contributed by atoms with E-state index in [-0.39, 0.29) is 5.56 Å². The van der Waals surface area contributed by atoms with Gasteiger partial charge in [-0.3, -0.25) is 4.98 Å². The predicted molar refractivity (Wildman–Crippen MR) is 64.0 cm³/mol. The Morgan fingerprint density at radius 1 is 1.17 bits per heavy atom. The van der Waals surface area contributed by atoms with Gasteiger partial charge in [-0.25, -0.2) is 8.78 Å². The number of rotatable bonds is 2. The Morgan fingerprint density at radius 3 is 2.50 bits per heavy atom. The van der Waals surface area contributed by atoms with Crippen molar-refractivity contribution in [3.63, 3.8) is 0 Å². The monoisotopic (exact) mass is 249 g/mol. The zero-order chi connectivity index (χ0) is 13.3. The molecule has 0 fully saturated rings. The maximum atomic E-state index is 13.6. The van der Waals surface area contributed by atoms with Crippen molar-refractivity contribution in [2.45, 2.75) is 19.4 Å². The van der Waals surface area contributed by atoms with Gasteiger partial charge in [0.2, 0.25) is 0 Å². The third-order valence-electron chi connectivity index (χ3n) is 3.03. The number of halogens is 2. The summed E-state index contributed by atoms with van der Waals surface area (Å²) in [7, 11) is 0. The number of hydrogen-bond donors (Lipinski definition) is 1. The van der Waals surface area contributed by atoms with Gasteiger partial charge in [-0.05, 0) is 37.1 Å². The van der Waals surface area contributed by atoms with Gasteiger partial charge >= 0.3 is 0 Å². The van der Waals surface area contributed by atoms with Crippen LogP contribution in [0.25, 0.3) is 0 Å². The van der Waals surface area contributed by atoms with Crippen molar-refractivity contribution in [1.29, 1.82) is 0 Å². The Hall–Kier alpha value is -1.81. The quantitative estimate of drug-likeness (QED) is 0.887. The third-order valence-corrected chi connectivity index (χ3v) is 3.03. The SMILES string of the molecule is Cc1ccc(C(C)(O)c2ccncc2F)cc1F. The minimum atomic E-state index is -1.60. The number of nitrogens with zero attached hydrogens (tertiary/aromatic N) is 1. The predicted octanol–water partition coefficient (Wildman–Crippen LogP) is 2.92. The molecule has 0 saturated heterocycles. The second-order valence-corrected chi connectivity index (χ2v) is 4.39. The highest BCUT2D eigenvalue weighted by Gasteiger charge is 2.29. The van der Waals surface area contributed by atoms with Crippen molar-refractivity contribution >= 4 is 0 Å². The van der Waals surface area contributed by atoms with Crippen LogP contribution in [0, 0.1) is 18.6 Å². The molecular formula is C14H13F2NO. The molecule has 2 rings (SSSR count). The van der Waals surface area contributed by atoms with Gasteiger partial charge in [0, 0.05) is 11.8 Å². The molecule has 1 aromatic carbocycles. The summed E-state index contributed by atoms with van der Waals surface area (Å²) in [6, 6.07) is 5.73. The molecule has 0 saturated carbocycles. The Kier molecular flexibility index (Phi) is 3.13. The van der Waals surface area contributed by atoms with Gasteiger partial charge in [0.1, 0.15) is 17.2 Å². The topological polar surface area (TPSA) is 33.1 Å². The average Bonchev–Trinajstić information content (AvgIpc) is 2.33. The first kappa shape index (κ1) is 12.6. The van der Waals surface area contributed by atoms with Crippen molar-refractivity contribution in [3.8, 4) is 0 Å². The van der Waals surface area contributed by atoms with Crippen molar-refractivity contribution in [1.82, 2.24) is 4.98 Å². The highest BCUT2D eigenvalue weighted by Crippen LogP contribution is 2.31. The summed E-state index contributed by atoms with van der Waals surface area (Å²) in [5.41, 5.74) is -0.747. The Balaban J connectivity index is 2.54. The molecule has 1 N–H and O–H groups in total.